The lowest BCUT2D eigenvalue weighted by atomic mass is 10.3. The van der Waals surface area contributed by atoms with Crippen molar-refractivity contribution in [3.8, 4) is 5.95 Å². The summed E-state index contributed by atoms with van der Waals surface area (Å²) in [5, 5.41) is 15.5. The minimum absolute atomic E-state index is 0.145. The van der Waals surface area contributed by atoms with Crippen LogP contribution in [0.1, 0.15) is 36.2 Å². The number of anilines is 1. The molecule has 0 atom stereocenters. The van der Waals surface area contributed by atoms with Crippen LogP contribution in [0.4, 0.5) is 5.82 Å². The molecule has 2 heterocycles. The zero-order valence-electron chi connectivity index (χ0n) is 13.1. The first-order valence-electron chi connectivity index (χ1n) is 7.65. The number of rotatable bonds is 5. The van der Waals surface area contributed by atoms with E-state index in [1.54, 1.807) is 13.0 Å². The maximum absolute atomic E-state index is 12.1. The number of carbonyl (C=O) groups excluding carboxylic acids is 1. The van der Waals surface area contributed by atoms with E-state index in [2.05, 4.69) is 20.4 Å². The van der Waals surface area contributed by atoms with E-state index in [1.165, 1.54) is 4.68 Å². The summed E-state index contributed by atoms with van der Waals surface area (Å²) in [5.41, 5.74) is 1.90. The molecule has 3 rings (SSSR count). The molecule has 0 unspecified atom stereocenters. The summed E-state index contributed by atoms with van der Waals surface area (Å²) in [6.07, 6.45) is 1.95. The fourth-order valence-electron chi connectivity index (χ4n) is 2.70. The Morgan fingerprint density at radius 1 is 1.38 bits per heavy atom. The molecule has 1 aliphatic carbocycles. The van der Waals surface area contributed by atoms with Gasteiger partial charge in [-0.25, -0.2) is 4.98 Å². The van der Waals surface area contributed by atoms with Gasteiger partial charge in [-0.05, 0) is 26.2 Å². The summed E-state index contributed by atoms with van der Waals surface area (Å²) in [5.74, 6) is -0.909. The Balaban J connectivity index is 1.90. The molecule has 0 fully saturated rings. The predicted molar refractivity (Wildman–Crippen MR) is 84.2 cm³/mol. The Bertz CT molecular complexity index is 867. The van der Waals surface area contributed by atoms with Crippen LogP contribution < -0.4 is 10.9 Å². The van der Waals surface area contributed by atoms with E-state index in [4.69, 9.17) is 5.11 Å². The van der Waals surface area contributed by atoms with Crippen LogP contribution in [0, 0.1) is 6.92 Å². The highest BCUT2D eigenvalue weighted by atomic mass is 16.4. The molecule has 9 nitrogen and oxygen atoms in total. The molecule has 1 aliphatic rings. The van der Waals surface area contributed by atoms with Gasteiger partial charge >= 0.3 is 5.97 Å². The highest BCUT2D eigenvalue weighted by molar-refractivity contribution is 5.91. The van der Waals surface area contributed by atoms with Crippen LogP contribution in [-0.4, -0.2) is 36.7 Å². The van der Waals surface area contributed by atoms with Crippen molar-refractivity contribution in [2.75, 3.05) is 5.32 Å². The van der Waals surface area contributed by atoms with Gasteiger partial charge in [0, 0.05) is 18.1 Å². The molecular weight excluding hydrogens is 314 g/mol. The van der Waals surface area contributed by atoms with E-state index < -0.39 is 11.9 Å². The third kappa shape index (κ3) is 3.19. The number of aliphatic carboxylic acids is 1. The molecule has 2 aromatic rings. The van der Waals surface area contributed by atoms with Crippen molar-refractivity contribution >= 4 is 17.7 Å². The number of H-pyrrole nitrogens is 1. The number of nitrogens with one attached hydrogen (secondary N) is 2. The molecule has 126 valence electrons. The third-order valence-electron chi connectivity index (χ3n) is 3.79. The summed E-state index contributed by atoms with van der Waals surface area (Å²) >= 11 is 0. The predicted octanol–water partition coefficient (Wildman–Crippen LogP) is 0.556. The van der Waals surface area contributed by atoms with Crippen molar-refractivity contribution in [1.82, 2.24) is 19.7 Å². The van der Waals surface area contributed by atoms with Gasteiger partial charge < -0.3 is 10.4 Å². The van der Waals surface area contributed by atoms with Crippen LogP contribution >= 0.6 is 0 Å². The maximum Gasteiger partial charge on any atom is 0.303 e. The van der Waals surface area contributed by atoms with Crippen molar-refractivity contribution in [1.29, 1.82) is 0 Å². The van der Waals surface area contributed by atoms with E-state index in [-0.39, 0.29) is 24.3 Å². The number of nitrogens with zero attached hydrogens (tertiary/aromatic N) is 3. The molecule has 0 spiro atoms. The van der Waals surface area contributed by atoms with Crippen molar-refractivity contribution in [3.63, 3.8) is 0 Å². The SMILES string of the molecule is Cc1cc(NC(=O)CCC(=O)O)n(-c2nc3c(c(=O)[nH]2)CCC3)n1. The van der Waals surface area contributed by atoms with Crippen LogP contribution in [0.25, 0.3) is 5.95 Å². The first kappa shape index (κ1) is 15.9. The van der Waals surface area contributed by atoms with E-state index in [0.29, 0.717) is 17.1 Å². The number of fused-ring (bicyclic) bond motifs is 1. The van der Waals surface area contributed by atoms with Crippen molar-refractivity contribution < 1.29 is 14.7 Å². The smallest absolute Gasteiger partial charge is 0.303 e. The van der Waals surface area contributed by atoms with Crippen LogP contribution in [0.3, 0.4) is 0 Å². The number of carboxylic acids is 1. The number of aryl methyl sites for hydroxylation is 2. The summed E-state index contributed by atoms with van der Waals surface area (Å²) in [4.78, 5) is 41.7. The molecule has 0 radical (unpaired) electrons. The highest BCUT2D eigenvalue weighted by Gasteiger charge is 2.20. The minimum atomic E-state index is -1.04. The maximum atomic E-state index is 12.1. The summed E-state index contributed by atoms with van der Waals surface area (Å²) < 4.78 is 1.36. The molecular formula is C15H17N5O4. The van der Waals surface area contributed by atoms with E-state index in [9.17, 15) is 14.4 Å². The lowest BCUT2D eigenvalue weighted by Crippen LogP contribution is -2.21. The molecule has 3 N–H and O–H groups in total. The lowest BCUT2D eigenvalue weighted by molar-refractivity contribution is -0.138. The Hall–Kier alpha value is -2.97. The number of amides is 1. The molecule has 0 bridgehead atoms. The number of hydrogen-bond acceptors (Lipinski definition) is 5. The number of carbonyl (C=O) groups is 2. The molecule has 9 heteroatoms. The van der Waals surface area contributed by atoms with Crippen molar-refractivity contribution in [2.24, 2.45) is 0 Å². The van der Waals surface area contributed by atoms with Gasteiger partial charge in [0.05, 0.1) is 17.8 Å². The van der Waals surface area contributed by atoms with Gasteiger partial charge in [-0.2, -0.15) is 9.78 Å². The van der Waals surface area contributed by atoms with Gasteiger partial charge in [0.15, 0.2) is 0 Å². The van der Waals surface area contributed by atoms with Crippen LogP contribution in [0.2, 0.25) is 0 Å². The third-order valence-corrected chi connectivity index (χ3v) is 3.79. The highest BCUT2D eigenvalue weighted by Crippen LogP contribution is 2.19. The van der Waals surface area contributed by atoms with Gasteiger partial charge in [0.2, 0.25) is 11.9 Å². The van der Waals surface area contributed by atoms with Gasteiger partial charge in [-0.1, -0.05) is 0 Å². The van der Waals surface area contributed by atoms with Gasteiger partial charge in [0.1, 0.15) is 5.82 Å². The lowest BCUT2D eigenvalue weighted by Gasteiger charge is -2.09. The van der Waals surface area contributed by atoms with Gasteiger partial charge in [-0.15, -0.1) is 0 Å². The summed E-state index contributed by atoms with van der Waals surface area (Å²) in [7, 11) is 0. The Morgan fingerprint density at radius 2 is 2.17 bits per heavy atom. The first-order valence-corrected chi connectivity index (χ1v) is 7.65. The largest absolute Gasteiger partial charge is 0.481 e. The van der Waals surface area contributed by atoms with E-state index in [1.807, 2.05) is 0 Å². The second kappa shape index (κ2) is 6.26. The molecule has 0 aliphatic heterocycles. The Kier molecular flexibility index (Phi) is 4.15. The average Bonchev–Trinajstić information content (AvgIpc) is 3.12. The monoisotopic (exact) mass is 331 g/mol. The topological polar surface area (TPSA) is 130 Å². The van der Waals surface area contributed by atoms with Crippen molar-refractivity contribution in [3.05, 3.63) is 33.4 Å². The quantitative estimate of drug-likeness (QED) is 0.734. The summed E-state index contributed by atoms with van der Waals surface area (Å²) in [6, 6.07) is 1.63. The average molecular weight is 331 g/mol. The molecule has 1 amide bonds. The number of aromatic nitrogens is 4. The van der Waals surface area contributed by atoms with E-state index in [0.717, 1.165) is 25.0 Å². The second-order valence-electron chi connectivity index (χ2n) is 5.69. The number of hydrogen-bond donors (Lipinski definition) is 3. The van der Waals surface area contributed by atoms with Gasteiger partial charge in [0.25, 0.3) is 5.56 Å². The molecule has 0 saturated carbocycles. The molecule has 0 saturated heterocycles. The molecule has 2 aromatic heterocycles. The van der Waals surface area contributed by atoms with Crippen LogP contribution in [0.5, 0.6) is 0 Å². The summed E-state index contributed by atoms with van der Waals surface area (Å²) in [6.45, 7) is 1.74. The Morgan fingerprint density at radius 3 is 2.92 bits per heavy atom. The fourth-order valence-corrected chi connectivity index (χ4v) is 2.70. The van der Waals surface area contributed by atoms with Crippen LogP contribution in [-0.2, 0) is 22.4 Å². The normalized spacial score (nSPS) is 12.9. The first-order chi connectivity index (χ1) is 11.4. The zero-order chi connectivity index (χ0) is 17.3. The molecule has 24 heavy (non-hydrogen) atoms. The van der Waals surface area contributed by atoms with Gasteiger partial charge in [-0.3, -0.25) is 19.4 Å². The zero-order valence-corrected chi connectivity index (χ0v) is 13.1. The Labute approximate surface area is 136 Å². The molecule has 0 aromatic carbocycles. The minimum Gasteiger partial charge on any atom is -0.481 e. The number of aromatic amines is 1. The standard InChI is InChI=1S/C15H17N5O4/c1-8-7-11(17-12(21)5-6-13(22)23)20(19-8)15-16-10-4-2-3-9(10)14(24)18-15/h7H,2-6H2,1H3,(H,17,21)(H,22,23)(H,16,18,24). The number of carboxylic acid groups (broad SMARTS) is 1. The second-order valence-corrected chi connectivity index (χ2v) is 5.69. The van der Waals surface area contributed by atoms with Crippen LogP contribution in [0.15, 0.2) is 10.9 Å². The van der Waals surface area contributed by atoms with Crippen molar-refractivity contribution in [2.45, 2.75) is 39.0 Å². The fraction of sp³-hybridized carbons (Fsp3) is 0.400. The van der Waals surface area contributed by atoms with E-state index >= 15 is 0 Å².